The van der Waals surface area contributed by atoms with Crippen molar-refractivity contribution < 1.29 is 14.3 Å². The largest absolute Gasteiger partial charge is 0.495 e. The molecular weight excluding hydrogens is 302 g/mol. The molecule has 0 aromatic heterocycles. The predicted molar refractivity (Wildman–Crippen MR) is 88.2 cm³/mol. The number of hydrogen-bond donors (Lipinski definition) is 1. The van der Waals surface area contributed by atoms with Crippen LogP contribution in [-0.4, -0.2) is 19.6 Å². The Morgan fingerprint density at radius 2 is 2.05 bits per heavy atom. The van der Waals surface area contributed by atoms with Crippen molar-refractivity contribution in [2.24, 2.45) is 0 Å². The number of amides is 1. The van der Waals surface area contributed by atoms with Crippen molar-refractivity contribution in [3.63, 3.8) is 0 Å². The van der Waals surface area contributed by atoms with E-state index in [0.717, 1.165) is 6.42 Å². The van der Waals surface area contributed by atoms with Crippen molar-refractivity contribution in [3.8, 4) is 11.5 Å². The number of hydrogen-bond acceptors (Lipinski definition) is 3. The average Bonchev–Trinajstić information content (AvgIpc) is 2.53. The molecule has 2 rings (SSSR count). The highest BCUT2D eigenvalue weighted by atomic mass is 35.5. The van der Waals surface area contributed by atoms with Gasteiger partial charge in [-0.2, -0.15) is 0 Å². The molecule has 0 aliphatic rings. The van der Waals surface area contributed by atoms with Crippen LogP contribution in [0.15, 0.2) is 42.5 Å². The maximum atomic E-state index is 12.3. The second-order valence-electron chi connectivity index (χ2n) is 4.68. The molecule has 5 heteroatoms. The molecule has 0 aliphatic heterocycles. The van der Waals surface area contributed by atoms with E-state index in [0.29, 0.717) is 34.4 Å². The van der Waals surface area contributed by atoms with Gasteiger partial charge in [0.05, 0.1) is 18.7 Å². The maximum absolute atomic E-state index is 12.3. The maximum Gasteiger partial charge on any atom is 0.255 e. The Morgan fingerprint density at radius 1 is 1.23 bits per heavy atom. The fourth-order valence-corrected chi connectivity index (χ4v) is 2.15. The fourth-order valence-electron chi connectivity index (χ4n) is 1.89. The SMILES string of the molecule is CCCOc1cccc(C(=O)Nc2ccc(OC)c(Cl)c2)c1. The molecular formula is C17H18ClNO3. The highest BCUT2D eigenvalue weighted by molar-refractivity contribution is 6.32. The molecule has 0 saturated carbocycles. The van der Waals surface area contributed by atoms with Crippen LogP contribution in [0.3, 0.4) is 0 Å². The molecule has 0 radical (unpaired) electrons. The van der Waals surface area contributed by atoms with E-state index in [2.05, 4.69) is 5.32 Å². The first-order valence-electron chi connectivity index (χ1n) is 7.01. The zero-order valence-corrected chi connectivity index (χ0v) is 13.3. The molecule has 22 heavy (non-hydrogen) atoms. The molecule has 0 aliphatic carbocycles. The van der Waals surface area contributed by atoms with Crippen molar-refractivity contribution >= 4 is 23.2 Å². The van der Waals surface area contributed by atoms with Gasteiger partial charge in [-0.05, 0) is 42.8 Å². The number of ether oxygens (including phenoxy) is 2. The van der Waals surface area contributed by atoms with Gasteiger partial charge in [0.15, 0.2) is 0 Å². The van der Waals surface area contributed by atoms with E-state index in [9.17, 15) is 4.79 Å². The Kier molecular flexibility index (Phi) is 5.67. The first-order chi connectivity index (χ1) is 10.6. The molecule has 0 bridgehead atoms. The molecule has 1 amide bonds. The van der Waals surface area contributed by atoms with Crippen LogP contribution in [0.4, 0.5) is 5.69 Å². The van der Waals surface area contributed by atoms with Crippen molar-refractivity contribution in [1.82, 2.24) is 0 Å². The molecule has 1 N–H and O–H groups in total. The Labute approximate surface area is 135 Å². The van der Waals surface area contributed by atoms with Gasteiger partial charge in [0, 0.05) is 11.3 Å². The van der Waals surface area contributed by atoms with Crippen LogP contribution >= 0.6 is 11.6 Å². The topological polar surface area (TPSA) is 47.6 Å². The minimum absolute atomic E-state index is 0.219. The van der Waals surface area contributed by atoms with E-state index < -0.39 is 0 Å². The van der Waals surface area contributed by atoms with Gasteiger partial charge in [0.1, 0.15) is 11.5 Å². The third-order valence-electron chi connectivity index (χ3n) is 2.98. The molecule has 0 spiro atoms. The lowest BCUT2D eigenvalue weighted by atomic mass is 10.2. The second-order valence-corrected chi connectivity index (χ2v) is 5.09. The monoisotopic (exact) mass is 319 g/mol. The second kappa shape index (κ2) is 7.71. The summed E-state index contributed by atoms with van der Waals surface area (Å²) in [7, 11) is 1.54. The summed E-state index contributed by atoms with van der Waals surface area (Å²) in [6.07, 6.45) is 0.917. The third kappa shape index (κ3) is 4.15. The zero-order valence-electron chi connectivity index (χ0n) is 12.6. The molecule has 2 aromatic carbocycles. The van der Waals surface area contributed by atoms with Crippen molar-refractivity contribution in [1.29, 1.82) is 0 Å². The Morgan fingerprint density at radius 3 is 2.73 bits per heavy atom. The first kappa shape index (κ1) is 16.2. The molecule has 4 nitrogen and oxygen atoms in total. The Hall–Kier alpha value is -2.20. The summed E-state index contributed by atoms with van der Waals surface area (Å²) in [5, 5.41) is 3.24. The van der Waals surface area contributed by atoms with Crippen LogP contribution in [0.25, 0.3) is 0 Å². The quantitative estimate of drug-likeness (QED) is 0.859. The van der Waals surface area contributed by atoms with Gasteiger partial charge in [-0.1, -0.05) is 24.6 Å². The van der Waals surface area contributed by atoms with Gasteiger partial charge in [-0.25, -0.2) is 0 Å². The smallest absolute Gasteiger partial charge is 0.255 e. The van der Waals surface area contributed by atoms with Gasteiger partial charge in [0.25, 0.3) is 5.91 Å². The summed E-state index contributed by atoms with van der Waals surface area (Å²) >= 11 is 6.05. The zero-order chi connectivity index (χ0) is 15.9. The van der Waals surface area contributed by atoms with Crippen LogP contribution < -0.4 is 14.8 Å². The van der Waals surface area contributed by atoms with E-state index in [1.165, 1.54) is 0 Å². The Bertz CT molecular complexity index is 658. The average molecular weight is 320 g/mol. The summed E-state index contributed by atoms with van der Waals surface area (Å²) in [4.78, 5) is 12.3. The minimum Gasteiger partial charge on any atom is -0.495 e. The van der Waals surface area contributed by atoms with Crippen molar-refractivity contribution in [2.75, 3.05) is 19.0 Å². The van der Waals surface area contributed by atoms with Crippen LogP contribution in [0, 0.1) is 0 Å². The summed E-state index contributed by atoms with van der Waals surface area (Å²) < 4.78 is 10.6. The normalized spacial score (nSPS) is 10.1. The van der Waals surface area contributed by atoms with E-state index in [4.69, 9.17) is 21.1 Å². The summed E-state index contributed by atoms with van der Waals surface area (Å²) in [6, 6.07) is 12.2. The Balaban J connectivity index is 2.10. The molecule has 0 atom stereocenters. The van der Waals surface area contributed by atoms with Crippen LogP contribution in [0.2, 0.25) is 5.02 Å². The number of rotatable bonds is 6. The van der Waals surface area contributed by atoms with Crippen molar-refractivity contribution in [2.45, 2.75) is 13.3 Å². The lowest BCUT2D eigenvalue weighted by Crippen LogP contribution is -2.12. The highest BCUT2D eigenvalue weighted by Crippen LogP contribution is 2.27. The molecule has 116 valence electrons. The van der Waals surface area contributed by atoms with Gasteiger partial charge < -0.3 is 14.8 Å². The number of methoxy groups -OCH3 is 1. The van der Waals surface area contributed by atoms with E-state index in [1.807, 2.05) is 13.0 Å². The van der Waals surface area contributed by atoms with Gasteiger partial charge in [0.2, 0.25) is 0 Å². The van der Waals surface area contributed by atoms with Gasteiger partial charge in [-0.3, -0.25) is 4.79 Å². The van der Waals surface area contributed by atoms with E-state index in [-0.39, 0.29) is 5.91 Å². The van der Waals surface area contributed by atoms with Gasteiger partial charge in [-0.15, -0.1) is 0 Å². The summed E-state index contributed by atoms with van der Waals surface area (Å²) in [5.74, 6) is 1.03. The molecule has 0 saturated heterocycles. The van der Waals surface area contributed by atoms with Crippen LogP contribution in [-0.2, 0) is 0 Å². The third-order valence-corrected chi connectivity index (χ3v) is 3.27. The first-order valence-corrected chi connectivity index (χ1v) is 7.39. The molecule has 0 fully saturated rings. The predicted octanol–water partition coefficient (Wildman–Crippen LogP) is 4.39. The van der Waals surface area contributed by atoms with E-state index in [1.54, 1.807) is 43.5 Å². The number of carbonyl (C=O) groups excluding carboxylic acids is 1. The number of nitrogens with one attached hydrogen (secondary N) is 1. The highest BCUT2D eigenvalue weighted by Gasteiger charge is 2.09. The number of anilines is 1. The summed E-state index contributed by atoms with van der Waals surface area (Å²) in [5.41, 5.74) is 1.14. The molecule has 0 heterocycles. The van der Waals surface area contributed by atoms with Crippen molar-refractivity contribution in [3.05, 3.63) is 53.1 Å². The lowest BCUT2D eigenvalue weighted by Gasteiger charge is -2.09. The minimum atomic E-state index is -0.219. The van der Waals surface area contributed by atoms with Crippen LogP contribution in [0.5, 0.6) is 11.5 Å². The lowest BCUT2D eigenvalue weighted by molar-refractivity contribution is 0.102. The summed E-state index contributed by atoms with van der Waals surface area (Å²) in [6.45, 7) is 2.66. The molecule has 2 aromatic rings. The number of carbonyl (C=O) groups is 1. The number of benzene rings is 2. The number of halogens is 1. The standard InChI is InChI=1S/C17H18ClNO3/c1-3-9-22-14-6-4-5-12(10-14)17(20)19-13-7-8-16(21-2)15(18)11-13/h4-8,10-11H,3,9H2,1-2H3,(H,19,20). The van der Waals surface area contributed by atoms with E-state index >= 15 is 0 Å². The van der Waals surface area contributed by atoms with Gasteiger partial charge >= 0.3 is 0 Å². The fraction of sp³-hybridized carbons (Fsp3) is 0.235. The molecule has 0 unspecified atom stereocenters. The van der Waals surface area contributed by atoms with Crippen LogP contribution in [0.1, 0.15) is 23.7 Å².